The second-order valence-electron chi connectivity index (χ2n) is 10.1. The second-order valence-corrected chi connectivity index (χ2v) is 10.5. The lowest BCUT2D eigenvalue weighted by Crippen LogP contribution is -2.59. The molecule has 0 saturated carbocycles. The molecule has 3 N–H and O–H groups in total. The molecular weight excluding hydrogens is 509 g/mol. The molecule has 1 aliphatic heterocycles. The van der Waals surface area contributed by atoms with Gasteiger partial charge in [0.2, 0.25) is 0 Å². The minimum Gasteiger partial charge on any atom is -0.507 e. The van der Waals surface area contributed by atoms with Crippen LogP contribution in [-0.2, 0) is 7.05 Å². The van der Waals surface area contributed by atoms with Crippen molar-refractivity contribution in [3.63, 3.8) is 0 Å². The zero-order chi connectivity index (χ0) is 27.2. The summed E-state index contributed by atoms with van der Waals surface area (Å²) in [6.07, 6.45) is 4.87. The Labute approximate surface area is 224 Å². The molecular formula is C28H29ClFN5O3. The van der Waals surface area contributed by atoms with Gasteiger partial charge in [0.05, 0.1) is 22.4 Å². The fourth-order valence-corrected chi connectivity index (χ4v) is 5.02. The maximum Gasteiger partial charge on any atom is 0.332 e. The average molecular weight is 538 g/mol. The number of nitrogens with one attached hydrogen (secondary N) is 1. The molecule has 1 fully saturated rings. The molecule has 1 saturated heterocycles. The molecule has 5 rings (SSSR count). The molecule has 0 amide bonds. The highest BCUT2D eigenvalue weighted by molar-refractivity contribution is 6.32. The van der Waals surface area contributed by atoms with Crippen LogP contribution in [0.15, 0.2) is 65.8 Å². The van der Waals surface area contributed by atoms with Crippen LogP contribution in [0.25, 0.3) is 27.9 Å². The Bertz CT molecular complexity index is 1560. The van der Waals surface area contributed by atoms with E-state index < -0.39 is 11.4 Å². The predicted octanol–water partition coefficient (Wildman–Crippen LogP) is 3.95. The molecule has 2 aromatic heterocycles. The molecule has 0 spiro atoms. The van der Waals surface area contributed by atoms with E-state index in [4.69, 9.17) is 11.6 Å². The summed E-state index contributed by atoms with van der Waals surface area (Å²) < 4.78 is 17.7. The van der Waals surface area contributed by atoms with E-state index in [2.05, 4.69) is 15.2 Å². The van der Waals surface area contributed by atoms with Crippen LogP contribution in [0.2, 0.25) is 5.02 Å². The monoisotopic (exact) mass is 537 g/mol. The van der Waals surface area contributed by atoms with Gasteiger partial charge in [0.1, 0.15) is 17.4 Å². The maximum absolute atomic E-state index is 14.9. The van der Waals surface area contributed by atoms with E-state index in [9.17, 15) is 19.4 Å². The Morgan fingerprint density at radius 1 is 1.11 bits per heavy atom. The third kappa shape index (κ3) is 4.92. The largest absolute Gasteiger partial charge is 0.507 e. The lowest BCUT2D eigenvalue weighted by Gasteiger charge is -2.40. The number of nitrogens with zero attached hydrogens (tertiary/aromatic N) is 4. The number of pyridine rings is 1. The van der Waals surface area contributed by atoms with Crippen LogP contribution in [0.5, 0.6) is 5.75 Å². The lowest BCUT2D eigenvalue weighted by atomic mass is 9.96. The number of imidazole rings is 1. The summed E-state index contributed by atoms with van der Waals surface area (Å²) in [5.41, 5.74) is 1.03. The van der Waals surface area contributed by atoms with Gasteiger partial charge in [-0.1, -0.05) is 17.7 Å². The number of rotatable bonds is 5. The quantitative estimate of drug-likeness (QED) is 0.357. The third-order valence-electron chi connectivity index (χ3n) is 6.95. The number of piperazine rings is 1. The zero-order valence-electron chi connectivity index (χ0n) is 21.3. The van der Waals surface area contributed by atoms with E-state index in [1.165, 1.54) is 21.3 Å². The molecule has 3 heterocycles. The van der Waals surface area contributed by atoms with Gasteiger partial charge in [-0.05, 0) is 61.4 Å². The zero-order valence-corrected chi connectivity index (χ0v) is 22.1. The number of aromatic hydroxyl groups is 1. The minimum absolute atomic E-state index is 0.0982. The first kappa shape index (κ1) is 26.0. The highest BCUT2D eigenvalue weighted by atomic mass is 35.5. The van der Waals surface area contributed by atoms with E-state index >= 15 is 0 Å². The Morgan fingerprint density at radius 2 is 1.82 bits per heavy atom. The highest BCUT2D eigenvalue weighted by Gasteiger charge is 2.31. The van der Waals surface area contributed by atoms with E-state index in [0.29, 0.717) is 47.8 Å². The van der Waals surface area contributed by atoms with Crippen molar-refractivity contribution in [1.82, 2.24) is 19.4 Å². The number of aliphatic hydroxyl groups is 1. The molecule has 0 unspecified atom stereocenters. The summed E-state index contributed by atoms with van der Waals surface area (Å²) >= 11 is 6.51. The molecule has 1 aliphatic rings. The van der Waals surface area contributed by atoms with Gasteiger partial charge in [0.25, 0.3) is 0 Å². The number of halogens is 2. The maximum atomic E-state index is 14.9. The van der Waals surface area contributed by atoms with Crippen LogP contribution in [0.3, 0.4) is 0 Å². The summed E-state index contributed by atoms with van der Waals surface area (Å²) in [6.45, 7) is 5.46. The summed E-state index contributed by atoms with van der Waals surface area (Å²) in [5, 5.41) is 25.3. The molecule has 10 heteroatoms. The molecule has 4 aromatic rings. The van der Waals surface area contributed by atoms with Gasteiger partial charge < -0.3 is 25.0 Å². The normalized spacial score (nSPS) is 16.2. The van der Waals surface area contributed by atoms with Crippen molar-refractivity contribution in [3.8, 4) is 33.7 Å². The number of hydrogen-bond acceptors (Lipinski definition) is 6. The van der Waals surface area contributed by atoms with Crippen molar-refractivity contribution in [3.05, 3.63) is 82.4 Å². The van der Waals surface area contributed by atoms with Crippen molar-refractivity contribution < 1.29 is 14.6 Å². The lowest BCUT2D eigenvalue weighted by molar-refractivity contribution is 0.0363. The number of phenolic OH excluding ortho intramolecular Hbond substituents is 1. The molecule has 198 valence electrons. The van der Waals surface area contributed by atoms with Crippen molar-refractivity contribution in [2.45, 2.75) is 25.5 Å². The van der Waals surface area contributed by atoms with E-state index in [-0.39, 0.29) is 28.1 Å². The molecule has 1 atom stereocenters. The number of phenols is 1. The summed E-state index contributed by atoms with van der Waals surface area (Å²) in [4.78, 5) is 18.9. The molecule has 8 nitrogen and oxygen atoms in total. The molecule has 0 bridgehead atoms. The van der Waals surface area contributed by atoms with Crippen LogP contribution < -0.4 is 15.9 Å². The van der Waals surface area contributed by atoms with E-state index in [1.54, 1.807) is 63.8 Å². The fraction of sp³-hybridized carbons (Fsp3) is 0.286. The molecule has 38 heavy (non-hydrogen) atoms. The van der Waals surface area contributed by atoms with Gasteiger partial charge in [0, 0.05) is 56.4 Å². The predicted molar refractivity (Wildman–Crippen MR) is 147 cm³/mol. The smallest absolute Gasteiger partial charge is 0.332 e. The van der Waals surface area contributed by atoms with Gasteiger partial charge >= 0.3 is 5.69 Å². The molecule has 2 aromatic carbocycles. The van der Waals surface area contributed by atoms with Crippen molar-refractivity contribution in [2.75, 3.05) is 24.5 Å². The molecule has 0 aliphatic carbocycles. The first-order valence-corrected chi connectivity index (χ1v) is 12.6. The second kappa shape index (κ2) is 9.90. The van der Waals surface area contributed by atoms with E-state index in [0.717, 1.165) is 0 Å². The van der Waals surface area contributed by atoms with Gasteiger partial charge in [-0.3, -0.25) is 4.57 Å². The van der Waals surface area contributed by atoms with Crippen molar-refractivity contribution in [1.29, 1.82) is 0 Å². The van der Waals surface area contributed by atoms with Crippen LogP contribution in [-0.4, -0.2) is 55.6 Å². The van der Waals surface area contributed by atoms with Crippen molar-refractivity contribution in [2.24, 2.45) is 7.05 Å². The molecule has 0 radical (unpaired) electrons. The number of benzene rings is 2. The SMILES string of the molecule is Cn1ccn(-c2ccc(-c3cc(F)cc(-c4ccnc(N5CCN[C@H](C(C)(C)O)C5)c4)c3O)cc2Cl)c1=O. The fourth-order valence-electron chi connectivity index (χ4n) is 4.75. The van der Waals surface area contributed by atoms with Crippen molar-refractivity contribution >= 4 is 17.4 Å². The summed E-state index contributed by atoms with van der Waals surface area (Å²) in [5.74, 6) is 0.0537. The van der Waals surface area contributed by atoms with Gasteiger partial charge in [0.15, 0.2) is 0 Å². The third-order valence-corrected chi connectivity index (χ3v) is 7.25. The Morgan fingerprint density at radius 3 is 2.45 bits per heavy atom. The summed E-state index contributed by atoms with van der Waals surface area (Å²) in [7, 11) is 1.64. The van der Waals surface area contributed by atoms with E-state index in [1.807, 2.05) is 6.07 Å². The number of anilines is 1. The highest BCUT2D eigenvalue weighted by Crippen LogP contribution is 2.41. The summed E-state index contributed by atoms with van der Waals surface area (Å²) in [6, 6.07) is 10.9. The Balaban J connectivity index is 1.51. The number of aryl methyl sites for hydroxylation is 1. The van der Waals surface area contributed by atoms with Crippen LogP contribution in [0, 0.1) is 5.82 Å². The average Bonchev–Trinajstić information content (AvgIpc) is 3.22. The van der Waals surface area contributed by atoms with Gasteiger partial charge in [-0.15, -0.1) is 0 Å². The number of hydrogen-bond donors (Lipinski definition) is 3. The minimum atomic E-state index is -0.906. The first-order chi connectivity index (χ1) is 18.0. The van der Waals surface area contributed by atoms with Crippen LogP contribution in [0.1, 0.15) is 13.8 Å². The Kier molecular flexibility index (Phi) is 6.77. The van der Waals surface area contributed by atoms with Crippen LogP contribution >= 0.6 is 11.6 Å². The first-order valence-electron chi connectivity index (χ1n) is 12.3. The standard InChI is InChI=1S/C28H29ClFN5O3/c1-28(2,38)24-16-34(9-8-31-24)25-13-18(6-7-32-25)21-15-19(30)14-20(26(21)36)17-4-5-23(22(29)12-17)35-11-10-33(3)27(35)37/h4-7,10-15,24,31,36,38H,8-9,16H2,1-3H3/t24-/m0/s1. The number of aromatic nitrogens is 3. The Hall–Kier alpha value is -3.66. The van der Waals surface area contributed by atoms with Gasteiger partial charge in [-0.2, -0.15) is 0 Å². The topological polar surface area (TPSA) is 95.6 Å². The van der Waals surface area contributed by atoms with Crippen LogP contribution in [0.4, 0.5) is 10.2 Å². The van der Waals surface area contributed by atoms with Gasteiger partial charge in [-0.25, -0.2) is 14.2 Å².